The van der Waals surface area contributed by atoms with Gasteiger partial charge in [0.2, 0.25) is 5.88 Å². The number of hydrogen-bond acceptors (Lipinski definition) is 2. The number of rotatable bonds is 5. The first kappa shape index (κ1) is 15.5. The van der Waals surface area contributed by atoms with Gasteiger partial charge in [-0.15, -0.1) is 0 Å². The fraction of sp³-hybridized carbons (Fsp3) is 0.154. The molecule has 0 atom stereocenters. The maximum Gasteiger partial charge on any atom is 0.416 e. The molecule has 1 aromatic rings. The largest absolute Gasteiger partial charge is 0.473 e. The molecule has 1 aromatic carbocycles. The van der Waals surface area contributed by atoms with Gasteiger partial charge >= 0.3 is 6.18 Å². The summed E-state index contributed by atoms with van der Waals surface area (Å²) < 4.78 is 42.7. The topological polar surface area (TPSA) is 21.6 Å². The van der Waals surface area contributed by atoms with Crippen LogP contribution in [0.15, 0.2) is 52.8 Å². The summed E-state index contributed by atoms with van der Waals surface area (Å²) in [5, 5.41) is 0. The van der Waals surface area contributed by atoms with Crippen molar-refractivity contribution < 1.29 is 17.9 Å². The zero-order valence-corrected chi connectivity index (χ0v) is 11.5. The quantitative estimate of drug-likeness (QED) is 0.566. The Morgan fingerprint density at radius 3 is 2.32 bits per heavy atom. The standard InChI is InChI=1S/C13H11BrF3NO/c1-9(14)7-18-10(2)19-8-11-3-5-12(6-4-11)13(15,16)17/h3-7H,1-2,8H2/b18-7-. The van der Waals surface area contributed by atoms with Crippen LogP contribution in [0.1, 0.15) is 11.1 Å². The predicted octanol–water partition coefficient (Wildman–Crippen LogP) is 4.67. The van der Waals surface area contributed by atoms with Gasteiger partial charge < -0.3 is 4.74 Å². The summed E-state index contributed by atoms with van der Waals surface area (Å²) >= 11 is 3.08. The zero-order chi connectivity index (χ0) is 14.5. The lowest BCUT2D eigenvalue weighted by Crippen LogP contribution is -2.04. The monoisotopic (exact) mass is 333 g/mol. The summed E-state index contributed by atoms with van der Waals surface area (Å²) in [4.78, 5) is 3.83. The minimum absolute atomic E-state index is 0.100. The summed E-state index contributed by atoms with van der Waals surface area (Å²) in [6, 6.07) is 4.71. The highest BCUT2D eigenvalue weighted by atomic mass is 79.9. The highest BCUT2D eigenvalue weighted by Crippen LogP contribution is 2.29. The van der Waals surface area contributed by atoms with E-state index in [2.05, 4.69) is 34.1 Å². The molecule has 0 amide bonds. The third-order valence-electron chi connectivity index (χ3n) is 2.04. The number of allylic oxidation sites excluding steroid dienone is 1. The van der Waals surface area contributed by atoms with Gasteiger partial charge in [0.25, 0.3) is 0 Å². The molecule has 0 aliphatic heterocycles. The fourth-order valence-electron chi connectivity index (χ4n) is 1.14. The van der Waals surface area contributed by atoms with Gasteiger partial charge in [0, 0.05) is 10.7 Å². The summed E-state index contributed by atoms with van der Waals surface area (Å²) in [6.07, 6.45) is -2.92. The number of halogens is 4. The number of alkyl halides is 3. The molecule has 0 N–H and O–H groups in total. The van der Waals surface area contributed by atoms with Crippen LogP contribution in [0.3, 0.4) is 0 Å². The van der Waals surface area contributed by atoms with Crippen LogP contribution in [0.4, 0.5) is 13.2 Å². The van der Waals surface area contributed by atoms with E-state index in [1.807, 2.05) is 0 Å². The summed E-state index contributed by atoms with van der Waals surface area (Å²) in [5.74, 6) is 0.153. The normalized spacial score (nSPS) is 11.6. The molecule has 19 heavy (non-hydrogen) atoms. The molecule has 0 aliphatic rings. The highest BCUT2D eigenvalue weighted by molar-refractivity contribution is 9.12. The van der Waals surface area contributed by atoms with Crippen molar-refractivity contribution in [2.45, 2.75) is 12.8 Å². The maximum atomic E-state index is 12.3. The Balaban J connectivity index is 2.55. The number of nitrogens with zero attached hydrogens (tertiary/aromatic N) is 1. The van der Waals surface area contributed by atoms with Gasteiger partial charge in [-0.1, -0.05) is 18.7 Å². The molecule has 1 rings (SSSR count). The Hall–Kier alpha value is -1.56. The molecule has 0 saturated heterocycles. The van der Waals surface area contributed by atoms with Crippen LogP contribution < -0.4 is 0 Å². The minimum atomic E-state index is -4.33. The summed E-state index contributed by atoms with van der Waals surface area (Å²) in [5.41, 5.74) is -0.0919. The van der Waals surface area contributed by atoms with Crippen molar-refractivity contribution >= 4 is 22.1 Å². The van der Waals surface area contributed by atoms with Crippen molar-refractivity contribution in [3.63, 3.8) is 0 Å². The van der Waals surface area contributed by atoms with E-state index in [0.717, 1.165) is 12.1 Å². The molecule has 0 radical (unpaired) electrons. The SMILES string of the molecule is C=C(Br)/C=N\C(=C)OCc1ccc(C(F)(F)F)cc1. The van der Waals surface area contributed by atoms with E-state index < -0.39 is 11.7 Å². The smallest absolute Gasteiger partial charge is 0.416 e. The van der Waals surface area contributed by atoms with Crippen molar-refractivity contribution in [3.05, 3.63) is 58.9 Å². The lowest BCUT2D eigenvalue weighted by Gasteiger charge is -2.08. The molecule has 0 heterocycles. The predicted molar refractivity (Wildman–Crippen MR) is 71.9 cm³/mol. The van der Waals surface area contributed by atoms with Gasteiger partial charge in [0.05, 0.1) is 5.56 Å². The van der Waals surface area contributed by atoms with E-state index in [9.17, 15) is 13.2 Å². The summed E-state index contributed by atoms with van der Waals surface area (Å²) in [6.45, 7) is 7.18. The Morgan fingerprint density at radius 1 is 1.26 bits per heavy atom. The molecular weight excluding hydrogens is 323 g/mol. The van der Waals surface area contributed by atoms with Crippen LogP contribution in [0, 0.1) is 0 Å². The van der Waals surface area contributed by atoms with Gasteiger partial charge in [-0.05, 0) is 40.2 Å². The average molecular weight is 334 g/mol. The minimum Gasteiger partial charge on any atom is -0.473 e. The Kier molecular flexibility index (Phi) is 5.35. The number of hydrogen-bond donors (Lipinski definition) is 0. The zero-order valence-electron chi connectivity index (χ0n) is 9.88. The van der Waals surface area contributed by atoms with E-state index in [4.69, 9.17) is 4.74 Å². The second-order valence-electron chi connectivity index (χ2n) is 3.58. The second-order valence-corrected chi connectivity index (χ2v) is 4.60. The first-order chi connectivity index (χ1) is 8.79. The van der Waals surface area contributed by atoms with Crippen molar-refractivity contribution in [1.82, 2.24) is 0 Å². The van der Waals surface area contributed by atoms with E-state index in [1.165, 1.54) is 18.3 Å². The van der Waals surface area contributed by atoms with Crippen LogP contribution >= 0.6 is 15.9 Å². The third-order valence-corrected chi connectivity index (χ3v) is 2.24. The van der Waals surface area contributed by atoms with E-state index in [-0.39, 0.29) is 12.5 Å². The van der Waals surface area contributed by atoms with E-state index >= 15 is 0 Å². The molecule has 0 bridgehead atoms. The first-order valence-electron chi connectivity index (χ1n) is 5.15. The fourth-order valence-corrected chi connectivity index (χ4v) is 1.24. The first-order valence-corrected chi connectivity index (χ1v) is 5.94. The maximum absolute atomic E-state index is 12.3. The number of aliphatic imine (C=N–C) groups is 1. The molecule has 0 unspecified atom stereocenters. The highest BCUT2D eigenvalue weighted by Gasteiger charge is 2.29. The van der Waals surface area contributed by atoms with Gasteiger partial charge in [-0.25, -0.2) is 4.99 Å². The Bertz CT molecular complexity index is 492. The average Bonchev–Trinajstić information content (AvgIpc) is 2.33. The molecule has 6 heteroatoms. The van der Waals surface area contributed by atoms with Crippen LogP contribution in [-0.2, 0) is 17.5 Å². The summed E-state index contributed by atoms with van der Waals surface area (Å²) in [7, 11) is 0. The lowest BCUT2D eigenvalue weighted by atomic mass is 10.1. The molecule has 0 aromatic heterocycles. The van der Waals surface area contributed by atoms with Crippen LogP contribution in [-0.4, -0.2) is 6.21 Å². The molecule has 0 saturated carbocycles. The second kappa shape index (κ2) is 6.56. The molecule has 2 nitrogen and oxygen atoms in total. The molecule has 102 valence electrons. The van der Waals surface area contributed by atoms with Crippen molar-refractivity contribution in [3.8, 4) is 0 Å². The lowest BCUT2D eigenvalue weighted by molar-refractivity contribution is -0.137. The van der Waals surface area contributed by atoms with Crippen LogP contribution in [0.25, 0.3) is 0 Å². The number of benzene rings is 1. The molecule has 0 fully saturated rings. The molecule has 0 spiro atoms. The molecule has 0 aliphatic carbocycles. The van der Waals surface area contributed by atoms with E-state index in [0.29, 0.717) is 10.0 Å². The van der Waals surface area contributed by atoms with E-state index in [1.54, 1.807) is 0 Å². The van der Waals surface area contributed by atoms with Crippen LogP contribution in [0.5, 0.6) is 0 Å². The van der Waals surface area contributed by atoms with Crippen molar-refractivity contribution in [1.29, 1.82) is 0 Å². The Morgan fingerprint density at radius 2 is 1.84 bits per heavy atom. The van der Waals surface area contributed by atoms with Gasteiger partial charge in [0.1, 0.15) is 6.61 Å². The number of ether oxygens (including phenoxy) is 1. The van der Waals surface area contributed by atoms with Gasteiger partial charge in [0.15, 0.2) is 0 Å². The Labute approximate surface area is 117 Å². The molecular formula is C13H11BrF3NO. The van der Waals surface area contributed by atoms with Crippen molar-refractivity contribution in [2.75, 3.05) is 0 Å². The third kappa shape index (κ3) is 5.74. The van der Waals surface area contributed by atoms with Gasteiger partial charge in [-0.2, -0.15) is 13.2 Å². The van der Waals surface area contributed by atoms with Crippen molar-refractivity contribution in [2.24, 2.45) is 4.99 Å². The van der Waals surface area contributed by atoms with Crippen LogP contribution in [0.2, 0.25) is 0 Å². The van der Waals surface area contributed by atoms with Gasteiger partial charge in [-0.3, -0.25) is 0 Å².